The summed E-state index contributed by atoms with van der Waals surface area (Å²) in [5.41, 5.74) is 5.17. The monoisotopic (exact) mass is 422 g/mol. The largest absolute Gasteiger partial charge is 0.257 e. The van der Waals surface area contributed by atoms with E-state index < -0.39 is 0 Å². The molecule has 0 amide bonds. The Labute approximate surface area is 177 Å². The molecule has 0 aliphatic rings. The van der Waals surface area contributed by atoms with Crippen molar-refractivity contribution in [2.75, 3.05) is 0 Å². The standard InChI is InChI=1S/C23H16Cl2N2S/c1-15-4-11-21-22(13-15)28-23(27-21)17-6-9-19(10-7-17)26-12-2-3-16-5-8-18(24)14-20(16)25/h2-14H,1H3/b3-2+,26-12?. The Morgan fingerprint density at radius 2 is 1.79 bits per heavy atom. The van der Waals surface area contributed by atoms with Crippen LogP contribution in [0.3, 0.4) is 0 Å². The summed E-state index contributed by atoms with van der Waals surface area (Å²) in [5.74, 6) is 0. The van der Waals surface area contributed by atoms with Gasteiger partial charge < -0.3 is 0 Å². The zero-order chi connectivity index (χ0) is 19.5. The molecule has 0 bridgehead atoms. The number of rotatable bonds is 4. The number of thiazole rings is 1. The van der Waals surface area contributed by atoms with Crippen molar-refractivity contribution < 1.29 is 0 Å². The fourth-order valence-corrected chi connectivity index (χ4v) is 4.30. The van der Waals surface area contributed by atoms with Crippen LogP contribution in [0.2, 0.25) is 10.0 Å². The van der Waals surface area contributed by atoms with Crippen LogP contribution in [0.5, 0.6) is 0 Å². The van der Waals surface area contributed by atoms with E-state index in [1.165, 1.54) is 10.3 Å². The first-order valence-corrected chi connectivity index (χ1v) is 10.3. The second kappa shape index (κ2) is 8.27. The van der Waals surface area contributed by atoms with Gasteiger partial charge in [0.1, 0.15) is 5.01 Å². The van der Waals surface area contributed by atoms with E-state index in [2.05, 4.69) is 42.2 Å². The lowest BCUT2D eigenvalue weighted by Gasteiger charge is -1.98. The maximum atomic E-state index is 6.15. The maximum absolute atomic E-state index is 6.15. The van der Waals surface area contributed by atoms with E-state index in [1.807, 2.05) is 36.4 Å². The number of nitrogens with zero attached hydrogens (tertiary/aromatic N) is 2. The molecule has 3 aromatic carbocycles. The summed E-state index contributed by atoms with van der Waals surface area (Å²) in [5, 5.41) is 2.26. The highest BCUT2D eigenvalue weighted by Crippen LogP contribution is 2.31. The highest BCUT2D eigenvalue weighted by Gasteiger charge is 2.06. The lowest BCUT2D eigenvalue weighted by Crippen LogP contribution is -1.76. The van der Waals surface area contributed by atoms with Crippen LogP contribution in [0.15, 0.2) is 71.7 Å². The summed E-state index contributed by atoms with van der Waals surface area (Å²) in [6.07, 6.45) is 5.51. The van der Waals surface area contributed by atoms with Gasteiger partial charge in [-0.1, -0.05) is 41.4 Å². The molecule has 1 aromatic heterocycles. The van der Waals surface area contributed by atoms with E-state index in [-0.39, 0.29) is 0 Å². The van der Waals surface area contributed by atoms with Gasteiger partial charge in [0.25, 0.3) is 0 Å². The Morgan fingerprint density at radius 1 is 0.964 bits per heavy atom. The van der Waals surface area contributed by atoms with Gasteiger partial charge in [0.15, 0.2) is 0 Å². The minimum absolute atomic E-state index is 0.618. The van der Waals surface area contributed by atoms with E-state index >= 15 is 0 Å². The second-order valence-electron chi connectivity index (χ2n) is 6.34. The molecular weight excluding hydrogens is 407 g/mol. The number of allylic oxidation sites excluding steroid dienone is 1. The number of hydrogen-bond donors (Lipinski definition) is 0. The molecular formula is C23H16Cl2N2S. The number of halogens is 2. The average Bonchev–Trinajstić information content (AvgIpc) is 3.10. The molecule has 4 aromatic rings. The third-order valence-corrected chi connectivity index (χ3v) is 5.84. The molecule has 0 N–H and O–H groups in total. The molecule has 0 aliphatic carbocycles. The molecule has 0 saturated heterocycles. The summed E-state index contributed by atoms with van der Waals surface area (Å²) >= 11 is 13.8. The predicted octanol–water partition coefficient (Wildman–Crippen LogP) is 7.99. The number of hydrogen-bond acceptors (Lipinski definition) is 3. The number of aromatic nitrogens is 1. The van der Waals surface area contributed by atoms with Gasteiger partial charge in [-0.15, -0.1) is 11.3 Å². The second-order valence-corrected chi connectivity index (χ2v) is 8.21. The molecule has 0 spiro atoms. The lowest BCUT2D eigenvalue weighted by atomic mass is 10.2. The zero-order valence-electron chi connectivity index (χ0n) is 15.1. The molecule has 0 saturated carbocycles. The van der Waals surface area contributed by atoms with Crippen LogP contribution in [-0.4, -0.2) is 11.2 Å². The first-order chi connectivity index (χ1) is 13.6. The third kappa shape index (κ3) is 4.33. The van der Waals surface area contributed by atoms with Crippen molar-refractivity contribution >= 4 is 62.7 Å². The van der Waals surface area contributed by atoms with Crippen molar-refractivity contribution in [2.24, 2.45) is 4.99 Å². The van der Waals surface area contributed by atoms with Crippen LogP contribution in [0.25, 0.3) is 26.9 Å². The molecule has 5 heteroatoms. The van der Waals surface area contributed by atoms with Crippen LogP contribution in [-0.2, 0) is 0 Å². The van der Waals surface area contributed by atoms with Crippen LogP contribution >= 0.6 is 34.5 Å². The molecule has 138 valence electrons. The van der Waals surface area contributed by atoms with Crippen LogP contribution in [0.1, 0.15) is 11.1 Å². The van der Waals surface area contributed by atoms with Crippen LogP contribution in [0, 0.1) is 6.92 Å². The Kier molecular flexibility index (Phi) is 5.58. The summed E-state index contributed by atoms with van der Waals surface area (Å²) in [6.45, 7) is 2.10. The smallest absolute Gasteiger partial charge is 0.124 e. The lowest BCUT2D eigenvalue weighted by molar-refractivity contribution is 1.45. The van der Waals surface area contributed by atoms with Crippen molar-refractivity contribution in [3.8, 4) is 10.6 Å². The topological polar surface area (TPSA) is 25.2 Å². The van der Waals surface area contributed by atoms with Crippen molar-refractivity contribution in [3.05, 3.63) is 87.9 Å². The van der Waals surface area contributed by atoms with E-state index in [0.29, 0.717) is 10.0 Å². The first kappa shape index (κ1) is 18.9. The molecule has 1 heterocycles. The number of aliphatic imine (C=N–C) groups is 1. The van der Waals surface area contributed by atoms with Gasteiger partial charge >= 0.3 is 0 Å². The van der Waals surface area contributed by atoms with Crippen molar-refractivity contribution in [2.45, 2.75) is 6.92 Å². The Morgan fingerprint density at radius 3 is 2.57 bits per heavy atom. The zero-order valence-corrected chi connectivity index (χ0v) is 17.4. The fourth-order valence-electron chi connectivity index (χ4n) is 2.76. The Balaban J connectivity index is 1.48. The Hall–Kier alpha value is -2.46. The number of benzene rings is 3. The van der Waals surface area contributed by atoms with Crippen LogP contribution < -0.4 is 0 Å². The van der Waals surface area contributed by atoms with Gasteiger partial charge in [-0.05, 0) is 72.7 Å². The molecule has 0 atom stereocenters. The minimum Gasteiger partial charge on any atom is -0.257 e. The van der Waals surface area contributed by atoms with Gasteiger partial charge in [0, 0.05) is 21.8 Å². The van der Waals surface area contributed by atoms with Crippen molar-refractivity contribution in [1.82, 2.24) is 4.98 Å². The van der Waals surface area contributed by atoms with E-state index in [4.69, 9.17) is 28.2 Å². The van der Waals surface area contributed by atoms with Gasteiger partial charge in [-0.3, -0.25) is 4.99 Å². The highest BCUT2D eigenvalue weighted by molar-refractivity contribution is 7.21. The minimum atomic E-state index is 0.618. The van der Waals surface area contributed by atoms with Crippen molar-refractivity contribution in [1.29, 1.82) is 0 Å². The normalized spacial score (nSPS) is 11.8. The van der Waals surface area contributed by atoms with Gasteiger partial charge in [0.05, 0.1) is 15.9 Å². The quantitative estimate of drug-likeness (QED) is 0.305. The summed E-state index contributed by atoms with van der Waals surface area (Å²) < 4.78 is 1.21. The summed E-state index contributed by atoms with van der Waals surface area (Å²) in [4.78, 5) is 9.18. The van der Waals surface area contributed by atoms with E-state index in [0.717, 1.165) is 27.3 Å². The number of fused-ring (bicyclic) bond motifs is 1. The maximum Gasteiger partial charge on any atom is 0.124 e. The molecule has 28 heavy (non-hydrogen) atoms. The Bertz CT molecular complexity index is 1190. The summed E-state index contributed by atoms with van der Waals surface area (Å²) in [6, 6.07) is 19.8. The predicted molar refractivity (Wildman–Crippen MR) is 123 cm³/mol. The van der Waals surface area contributed by atoms with E-state index in [9.17, 15) is 0 Å². The average molecular weight is 423 g/mol. The molecule has 2 nitrogen and oxygen atoms in total. The molecule has 0 aliphatic heterocycles. The van der Waals surface area contributed by atoms with E-state index in [1.54, 1.807) is 23.6 Å². The molecule has 0 fully saturated rings. The van der Waals surface area contributed by atoms with Gasteiger partial charge in [-0.25, -0.2) is 4.98 Å². The van der Waals surface area contributed by atoms with Crippen LogP contribution in [0.4, 0.5) is 5.69 Å². The SMILES string of the molecule is Cc1ccc2nc(-c3ccc(N=C/C=C/c4ccc(Cl)cc4Cl)cc3)sc2c1. The van der Waals surface area contributed by atoms with Gasteiger partial charge in [0.2, 0.25) is 0 Å². The van der Waals surface area contributed by atoms with Gasteiger partial charge in [-0.2, -0.15) is 0 Å². The molecule has 4 rings (SSSR count). The number of aryl methyl sites for hydroxylation is 1. The first-order valence-electron chi connectivity index (χ1n) is 8.72. The summed E-state index contributed by atoms with van der Waals surface area (Å²) in [7, 11) is 0. The third-order valence-electron chi connectivity index (χ3n) is 4.21. The van der Waals surface area contributed by atoms with Crippen molar-refractivity contribution in [3.63, 3.8) is 0 Å². The fraction of sp³-hybridized carbons (Fsp3) is 0.0435. The molecule has 0 radical (unpaired) electrons. The highest BCUT2D eigenvalue weighted by atomic mass is 35.5. The molecule has 0 unspecified atom stereocenters.